The lowest BCUT2D eigenvalue weighted by atomic mass is 9.99. The summed E-state index contributed by atoms with van der Waals surface area (Å²) in [5.74, 6) is 0.00793. The van der Waals surface area contributed by atoms with Gasteiger partial charge in [0.15, 0.2) is 0 Å². The maximum Gasteiger partial charge on any atom is 0.416 e. The zero-order chi connectivity index (χ0) is 23.0. The van der Waals surface area contributed by atoms with Crippen molar-refractivity contribution < 1.29 is 22.4 Å². The van der Waals surface area contributed by atoms with E-state index in [2.05, 4.69) is 10.3 Å². The topological polar surface area (TPSA) is 45.2 Å². The Bertz CT molecular complexity index is 1160. The van der Waals surface area contributed by atoms with Crippen LogP contribution < -0.4 is 5.32 Å². The number of carbonyl (C=O) groups is 1. The molecule has 1 aromatic heterocycles. The molecule has 1 amide bonds. The zero-order valence-corrected chi connectivity index (χ0v) is 17.5. The normalized spacial score (nSPS) is 14.4. The summed E-state index contributed by atoms with van der Waals surface area (Å²) in [7, 11) is 0. The molecule has 4 nitrogen and oxygen atoms in total. The van der Waals surface area contributed by atoms with Gasteiger partial charge in [0, 0.05) is 29.4 Å². The Labute approximate surface area is 182 Å². The number of nitrogens with one attached hydrogen (secondary N) is 1. The van der Waals surface area contributed by atoms with E-state index in [1.54, 1.807) is 29.3 Å². The predicted molar refractivity (Wildman–Crippen MR) is 114 cm³/mol. The molecule has 0 bridgehead atoms. The molecule has 1 unspecified atom stereocenters. The zero-order valence-electron chi connectivity index (χ0n) is 17.5. The average molecular weight is 443 g/mol. The summed E-state index contributed by atoms with van der Waals surface area (Å²) in [6, 6.07) is 10.4. The van der Waals surface area contributed by atoms with Crippen molar-refractivity contribution in [2.24, 2.45) is 0 Å². The summed E-state index contributed by atoms with van der Waals surface area (Å²) in [4.78, 5) is 18.5. The molecule has 1 aliphatic rings. The Hall–Kier alpha value is -3.42. The van der Waals surface area contributed by atoms with Crippen LogP contribution >= 0.6 is 0 Å². The van der Waals surface area contributed by atoms with E-state index in [1.165, 1.54) is 18.2 Å². The van der Waals surface area contributed by atoms with Gasteiger partial charge in [0.05, 0.1) is 18.2 Å². The second-order valence-electron chi connectivity index (χ2n) is 7.69. The van der Waals surface area contributed by atoms with Crippen molar-refractivity contribution in [3.05, 3.63) is 82.8 Å². The summed E-state index contributed by atoms with van der Waals surface area (Å²) >= 11 is 0. The van der Waals surface area contributed by atoms with Crippen molar-refractivity contribution in [3.63, 3.8) is 0 Å². The Morgan fingerprint density at radius 2 is 1.81 bits per heavy atom. The van der Waals surface area contributed by atoms with Gasteiger partial charge < -0.3 is 10.2 Å². The minimum absolute atomic E-state index is 0.0347. The van der Waals surface area contributed by atoms with Crippen LogP contribution in [0.15, 0.2) is 54.7 Å². The third-order valence-electron chi connectivity index (χ3n) is 5.67. The first kappa shape index (κ1) is 21.8. The molecule has 0 spiro atoms. The highest BCUT2D eigenvalue weighted by atomic mass is 19.4. The first-order valence-corrected chi connectivity index (χ1v) is 10.2. The fourth-order valence-electron chi connectivity index (χ4n) is 3.83. The highest BCUT2D eigenvalue weighted by molar-refractivity contribution is 5.99. The fraction of sp³-hybridized carbons (Fsp3) is 0.250. The van der Waals surface area contributed by atoms with Crippen molar-refractivity contribution >= 4 is 11.7 Å². The number of anilines is 1. The van der Waals surface area contributed by atoms with Gasteiger partial charge in [-0.05, 0) is 49.2 Å². The standard InChI is InChI=1S/C24H21F4N3O/c1-3-31-13-20-19(23(31)32)10-11-29-22(20)30-14(2)16-6-9-18(21(25)12-16)15-4-7-17(8-5-15)24(26,27)28/h4-12,14H,3,13H2,1-2H3,(H,29,30). The van der Waals surface area contributed by atoms with Gasteiger partial charge in [0.2, 0.25) is 0 Å². The number of benzene rings is 2. The first-order valence-electron chi connectivity index (χ1n) is 10.2. The lowest BCUT2D eigenvalue weighted by Crippen LogP contribution is -2.22. The van der Waals surface area contributed by atoms with Gasteiger partial charge in [-0.15, -0.1) is 0 Å². The van der Waals surface area contributed by atoms with Gasteiger partial charge in [0.1, 0.15) is 11.6 Å². The van der Waals surface area contributed by atoms with Crippen LogP contribution in [0.3, 0.4) is 0 Å². The summed E-state index contributed by atoms with van der Waals surface area (Å²) in [6.07, 6.45) is -2.87. The quantitative estimate of drug-likeness (QED) is 0.488. The fourth-order valence-corrected chi connectivity index (χ4v) is 3.83. The van der Waals surface area contributed by atoms with E-state index in [0.29, 0.717) is 35.6 Å². The number of fused-ring (bicyclic) bond motifs is 1. The monoisotopic (exact) mass is 443 g/mol. The van der Waals surface area contributed by atoms with Crippen molar-refractivity contribution in [2.45, 2.75) is 32.6 Å². The number of rotatable bonds is 5. The van der Waals surface area contributed by atoms with Crippen LogP contribution in [0.1, 0.15) is 46.9 Å². The van der Waals surface area contributed by atoms with E-state index in [0.717, 1.165) is 17.7 Å². The molecule has 1 aliphatic heterocycles. The van der Waals surface area contributed by atoms with Crippen molar-refractivity contribution in [3.8, 4) is 11.1 Å². The first-order chi connectivity index (χ1) is 15.2. The highest BCUT2D eigenvalue weighted by Crippen LogP contribution is 2.33. The van der Waals surface area contributed by atoms with Gasteiger partial charge in [-0.25, -0.2) is 9.37 Å². The van der Waals surface area contributed by atoms with Gasteiger partial charge in [-0.3, -0.25) is 4.79 Å². The Morgan fingerprint density at radius 3 is 2.44 bits per heavy atom. The van der Waals surface area contributed by atoms with Crippen LogP contribution in [0.5, 0.6) is 0 Å². The minimum Gasteiger partial charge on any atom is -0.363 e. The maximum atomic E-state index is 14.8. The van der Waals surface area contributed by atoms with E-state index < -0.39 is 17.6 Å². The average Bonchev–Trinajstić information content (AvgIpc) is 3.10. The van der Waals surface area contributed by atoms with Crippen LogP contribution in [0.4, 0.5) is 23.4 Å². The lowest BCUT2D eigenvalue weighted by Gasteiger charge is -2.18. The molecule has 2 heterocycles. The van der Waals surface area contributed by atoms with E-state index in [-0.39, 0.29) is 17.5 Å². The molecule has 0 saturated heterocycles. The molecular weight excluding hydrogens is 422 g/mol. The smallest absolute Gasteiger partial charge is 0.363 e. The summed E-state index contributed by atoms with van der Waals surface area (Å²) in [5.41, 5.74) is 1.88. The Morgan fingerprint density at radius 1 is 1.09 bits per heavy atom. The van der Waals surface area contributed by atoms with E-state index in [9.17, 15) is 22.4 Å². The molecular formula is C24H21F4N3O. The van der Waals surface area contributed by atoms with Crippen molar-refractivity contribution in [1.82, 2.24) is 9.88 Å². The van der Waals surface area contributed by atoms with Gasteiger partial charge in [-0.2, -0.15) is 13.2 Å². The molecule has 1 atom stereocenters. The second-order valence-corrected chi connectivity index (χ2v) is 7.69. The number of aromatic nitrogens is 1. The molecule has 0 fully saturated rings. The van der Waals surface area contributed by atoms with Crippen LogP contribution in [-0.4, -0.2) is 22.3 Å². The SMILES string of the molecule is CCN1Cc2c(ccnc2NC(C)c2ccc(-c3ccc(C(F)(F)F)cc3)c(F)c2)C1=O. The number of hydrogen-bond donors (Lipinski definition) is 1. The summed E-state index contributed by atoms with van der Waals surface area (Å²) < 4.78 is 53.1. The van der Waals surface area contributed by atoms with Crippen LogP contribution in [0.25, 0.3) is 11.1 Å². The van der Waals surface area contributed by atoms with Crippen LogP contribution in [0.2, 0.25) is 0 Å². The lowest BCUT2D eigenvalue weighted by molar-refractivity contribution is -0.137. The van der Waals surface area contributed by atoms with Gasteiger partial charge in [0.25, 0.3) is 5.91 Å². The maximum absolute atomic E-state index is 14.8. The number of nitrogens with zero attached hydrogens (tertiary/aromatic N) is 2. The predicted octanol–water partition coefficient (Wildman–Crippen LogP) is 6.06. The molecule has 0 radical (unpaired) electrons. The number of halogens is 4. The van der Waals surface area contributed by atoms with E-state index in [4.69, 9.17) is 0 Å². The number of alkyl halides is 3. The molecule has 1 N–H and O–H groups in total. The molecule has 32 heavy (non-hydrogen) atoms. The largest absolute Gasteiger partial charge is 0.416 e. The van der Waals surface area contributed by atoms with Crippen molar-refractivity contribution in [2.75, 3.05) is 11.9 Å². The van der Waals surface area contributed by atoms with E-state index in [1.807, 2.05) is 13.8 Å². The summed E-state index contributed by atoms with van der Waals surface area (Å²) in [5, 5.41) is 3.25. The van der Waals surface area contributed by atoms with Crippen molar-refractivity contribution in [1.29, 1.82) is 0 Å². The number of carbonyl (C=O) groups excluding carboxylic acids is 1. The third kappa shape index (κ3) is 4.04. The van der Waals surface area contributed by atoms with Crippen LogP contribution in [0, 0.1) is 5.82 Å². The summed E-state index contributed by atoms with van der Waals surface area (Å²) in [6.45, 7) is 4.82. The molecule has 166 valence electrons. The number of hydrogen-bond acceptors (Lipinski definition) is 3. The number of amides is 1. The van der Waals surface area contributed by atoms with E-state index >= 15 is 0 Å². The highest BCUT2D eigenvalue weighted by Gasteiger charge is 2.30. The molecule has 2 aromatic carbocycles. The Balaban J connectivity index is 1.55. The van der Waals surface area contributed by atoms with Crippen LogP contribution in [-0.2, 0) is 12.7 Å². The second kappa shape index (κ2) is 8.26. The minimum atomic E-state index is -4.44. The number of pyridine rings is 1. The Kier molecular flexibility index (Phi) is 5.62. The molecule has 3 aromatic rings. The third-order valence-corrected chi connectivity index (χ3v) is 5.67. The molecule has 0 saturated carbocycles. The van der Waals surface area contributed by atoms with Gasteiger partial charge in [-0.1, -0.05) is 24.3 Å². The molecule has 8 heteroatoms. The molecule has 4 rings (SSSR count). The molecule has 0 aliphatic carbocycles. The van der Waals surface area contributed by atoms with Gasteiger partial charge >= 0.3 is 6.18 Å².